The average Bonchev–Trinajstić information content (AvgIpc) is 3.94. The summed E-state index contributed by atoms with van der Waals surface area (Å²) in [5.74, 6) is -0.136. The highest BCUT2D eigenvalue weighted by Crippen LogP contribution is 2.36. The van der Waals surface area contributed by atoms with Crippen LogP contribution in [0, 0.1) is 17.2 Å². The van der Waals surface area contributed by atoms with Gasteiger partial charge in [-0.1, -0.05) is 66.7 Å². The third kappa shape index (κ3) is 7.67. The fourth-order valence-corrected chi connectivity index (χ4v) is 8.94. The first-order valence-corrected chi connectivity index (χ1v) is 19.4. The number of amides is 2. The second-order valence-electron chi connectivity index (χ2n) is 13.9. The predicted molar refractivity (Wildman–Crippen MR) is 200 cm³/mol. The number of carbonyl (C=O) groups excluding carboxylic acids is 3. The van der Waals surface area contributed by atoms with Gasteiger partial charge in [-0.3, -0.25) is 14.4 Å². The lowest BCUT2D eigenvalue weighted by atomic mass is 9.98. The average molecular weight is 734 g/mol. The lowest BCUT2D eigenvalue weighted by molar-refractivity contribution is -0.182. The molecule has 12 nitrogen and oxygen atoms in total. The summed E-state index contributed by atoms with van der Waals surface area (Å²) in [6, 6.07) is 23.5. The number of piperazine rings is 1. The number of carbonyl (C=O) groups is 3. The Morgan fingerprint density at radius 2 is 1.79 bits per heavy atom. The van der Waals surface area contributed by atoms with Crippen LogP contribution in [0.1, 0.15) is 52.9 Å². The van der Waals surface area contributed by atoms with Crippen LogP contribution in [0.3, 0.4) is 0 Å². The Hall–Kier alpha value is -5.16. The Bertz CT molecular complexity index is 2070. The molecule has 3 fully saturated rings. The Morgan fingerprint density at radius 1 is 1.02 bits per heavy atom. The summed E-state index contributed by atoms with van der Waals surface area (Å²) >= 11 is 0. The number of rotatable bonds is 15. The topological polar surface area (TPSA) is 143 Å². The van der Waals surface area contributed by atoms with E-state index in [9.17, 15) is 29.0 Å². The van der Waals surface area contributed by atoms with E-state index in [4.69, 9.17) is 5.10 Å². The monoisotopic (exact) mass is 733 g/mol. The van der Waals surface area contributed by atoms with Gasteiger partial charge in [0.1, 0.15) is 41.2 Å². The largest absolute Gasteiger partial charge is 0.508 e. The van der Waals surface area contributed by atoms with Crippen LogP contribution in [0.4, 0.5) is 0 Å². The number of phenols is 1. The molecule has 1 aromatic heterocycles. The van der Waals surface area contributed by atoms with Crippen molar-refractivity contribution < 1.29 is 23.7 Å². The number of hydrogen-bond acceptors (Lipinski definition) is 8. The molecule has 1 saturated carbocycles. The number of unbranched alkanes of at least 4 members (excludes halogenated alkanes) is 1. The molecule has 1 unspecified atom stereocenters. The molecule has 1 N–H and O–H groups in total. The zero-order chi connectivity index (χ0) is 37.1. The molecule has 4 aromatic rings. The fourth-order valence-electron chi connectivity index (χ4n) is 7.48. The Labute approximate surface area is 311 Å². The van der Waals surface area contributed by atoms with E-state index in [2.05, 4.69) is 24.8 Å². The maximum Gasteiger partial charge on any atom is 0.246 e. The van der Waals surface area contributed by atoms with Gasteiger partial charge in [0.05, 0.1) is 24.7 Å². The Kier molecular flexibility index (Phi) is 10.8. The molecule has 2 amide bonds. The van der Waals surface area contributed by atoms with Gasteiger partial charge in [-0.05, 0) is 60.9 Å². The van der Waals surface area contributed by atoms with Crippen LogP contribution in [-0.2, 0) is 46.5 Å². The highest BCUT2D eigenvalue weighted by Gasteiger charge is 2.51. The number of hydrogen-bond donors (Lipinski definition) is 1. The van der Waals surface area contributed by atoms with Gasteiger partial charge in [-0.15, -0.1) is 11.0 Å². The predicted octanol–water partition coefficient (Wildman–Crippen LogP) is 4.37. The molecule has 3 aliphatic rings. The van der Waals surface area contributed by atoms with Gasteiger partial charge in [0.25, 0.3) is 0 Å². The molecule has 1 aliphatic carbocycles. The molecule has 3 heterocycles. The molecule has 2 saturated heterocycles. The lowest BCUT2D eigenvalue weighted by Gasteiger charge is -2.54. The number of nitrogens with zero attached hydrogens (tertiary/aromatic N) is 7. The molecule has 274 valence electrons. The molecule has 0 bridgehead atoms. The quantitative estimate of drug-likeness (QED) is 0.108. The number of aromatic hydroxyl groups is 1. The summed E-state index contributed by atoms with van der Waals surface area (Å²) in [5, 5.41) is 26.6. The van der Waals surface area contributed by atoms with Crippen molar-refractivity contribution in [1.82, 2.24) is 29.0 Å². The summed E-state index contributed by atoms with van der Waals surface area (Å²) in [7, 11) is -1.53. The Morgan fingerprint density at radius 3 is 2.51 bits per heavy atom. The zero-order valence-electron chi connectivity index (χ0n) is 29.5. The van der Waals surface area contributed by atoms with E-state index in [0.29, 0.717) is 40.9 Å². The van der Waals surface area contributed by atoms with Gasteiger partial charge >= 0.3 is 0 Å². The van der Waals surface area contributed by atoms with Crippen molar-refractivity contribution >= 4 is 39.5 Å². The second-order valence-corrected chi connectivity index (χ2v) is 15.3. The van der Waals surface area contributed by atoms with Gasteiger partial charge < -0.3 is 14.9 Å². The van der Waals surface area contributed by atoms with Crippen molar-refractivity contribution in [3.05, 3.63) is 108 Å². The third-order valence-electron chi connectivity index (χ3n) is 10.2. The van der Waals surface area contributed by atoms with E-state index < -0.39 is 23.2 Å². The zero-order valence-corrected chi connectivity index (χ0v) is 30.4. The van der Waals surface area contributed by atoms with Gasteiger partial charge in [-0.2, -0.15) is 10.4 Å². The van der Waals surface area contributed by atoms with Crippen molar-refractivity contribution in [3.8, 4) is 11.8 Å². The van der Waals surface area contributed by atoms with Crippen LogP contribution in [0.2, 0.25) is 0 Å². The number of Topliss-reactive ketones (excluding diaryl/α,β-unsaturated/α-hetero) is 1. The van der Waals surface area contributed by atoms with Crippen LogP contribution >= 0.6 is 0 Å². The van der Waals surface area contributed by atoms with Crippen molar-refractivity contribution in [3.63, 3.8) is 0 Å². The number of aryl methyl sites for hydroxylation is 1. The number of fused-ring (bicyclic) bond motifs is 2. The number of benzene rings is 3. The smallest absolute Gasteiger partial charge is 0.246 e. The first kappa shape index (κ1) is 36.2. The van der Waals surface area contributed by atoms with E-state index in [1.54, 1.807) is 49.6 Å². The molecule has 7 rings (SSSR count). The summed E-state index contributed by atoms with van der Waals surface area (Å²) in [6.45, 7) is 4.28. The number of phenolic OH excluding ortho intramolecular Hbond substituents is 1. The molecule has 3 atom stereocenters. The van der Waals surface area contributed by atoms with E-state index >= 15 is 0 Å². The van der Waals surface area contributed by atoms with Crippen molar-refractivity contribution in [2.75, 3.05) is 25.4 Å². The number of hydrazine groups is 1. The number of aromatic nitrogens is 2. The summed E-state index contributed by atoms with van der Waals surface area (Å²) in [6.07, 6.45) is 5.19. The van der Waals surface area contributed by atoms with Crippen molar-refractivity contribution in [2.24, 2.45) is 5.92 Å². The highest BCUT2D eigenvalue weighted by molar-refractivity contribution is 7.82. The normalized spacial score (nSPS) is 20.0. The molecular weight excluding hydrogens is 691 g/mol. The molecule has 3 aromatic carbocycles. The maximum atomic E-state index is 14.6. The van der Waals surface area contributed by atoms with Crippen molar-refractivity contribution in [2.45, 2.75) is 63.8 Å². The van der Waals surface area contributed by atoms with Gasteiger partial charge in [0, 0.05) is 36.6 Å². The molecule has 13 heteroatoms. The van der Waals surface area contributed by atoms with E-state index in [0.717, 1.165) is 31.2 Å². The number of nitriles is 1. The summed E-state index contributed by atoms with van der Waals surface area (Å²) < 4.78 is 17.6. The van der Waals surface area contributed by atoms with Gasteiger partial charge in [0.2, 0.25) is 11.8 Å². The minimum atomic E-state index is -1.53. The molecular formula is C40H43N7O5S. The summed E-state index contributed by atoms with van der Waals surface area (Å²) in [5.41, 5.74) is 3.64. The van der Waals surface area contributed by atoms with E-state index in [1.807, 2.05) is 36.4 Å². The van der Waals surface area contributed by atoms with Crippen LogP contribution in [0.15, 0.2) is 85.5 Å². The lowest BCUT2D eigenvalue weighted by Crippen LogP contribution is -2.75. The van der Waals surface area contributed by atoms with E-state index in [1.165, 1.54) is 10.2 Å². The first-order valence-electron chi connectivity index (χ1n) is 18.1. The molecule has 53 heavy (non-hydrogen) atoms. The van der Waals surface area contributed by atoms with E-state index in [-0.39, 0.29) is 61.9 Å². The van der Waals surface area contributed by atoms with Crippen LogP contribution < -0.4 is 0 Å². The molecule has 0 spiro atoms. The fraction of sp³-hybridized carbons (Fsp3) is 0.375. The first-order chi connectivity index (χ1) is 25.8. The molecule has 0 radical (unpaired) electrons. The Balaban J connectivity index is 1.22. The standard InChI is InChI=1S/C40H43N7O5S/c1-2-21-44-27-36(49)46-34(24-29-14-18-32(48)19-15-29)40(51)43(26-35(46)47(44)53(52)23-7-6-11-28-9-4-3-5-10-28)25-31-12-8-13-33-37(31)42-45(22-20-41)38(33)39(50)30-16-17-30/h2-5,8-10,12-15,18-19,30,34-35,48H,1,6-7,11,16-17,21-27H2/t34-,35-,53?/m0/s1. The van der Waals surface area contributed by atoms with Crippen LogP contribution in [0.25, 0.3) is 10.9 Å². The summed E-state index contributed by atoms with van der Waals surface area (Å²) in [4.78, 5) is 45.3. The highest BCUT2D eigenvalue weighted by atomic mass is 32.2. The minimum absolute atomic E-state index is 0.0246. The number of ketones is 1. The van der Waals surface area contributed by atoms with Crippen LogP contribution in [0.5, 0.6) is 5.75 Å². The second kappa shape index (κ2) is 15.8. The maximum absolute atomic E-state index is 14.6. The van der Waals surface area contributed by atoms with Crippen molar-refractivity contribution in [1.29, 1.82) is 5.26 Å². The third-order valence-corrected chi connectivity index (χ3v) is 11.7. The minimum Gasteiger partial charge on any atom is -0.508 e. The van der Waals surface area contributed by atoms with Gasteiger partial charge in [0.15, 0.2) is 5.78 Å². The van der Waals surface area contributed by atoms with Gasteiger partial charge in [-0.25, -0.2) is 13.9 Å². The van der Waals surface area contributed by atoms with Crippen LogP contribution in [-0.4, -0.2) is 93.5 Å². The SMILES string of the molecule is C=CCN1CC(=O)N2[C@@H](Cc3ccc(O)cc3)C(=O)N(Cc3cccc4c(C(=O)C5CC5)n(CC#N)nc34)C[C@@H]2N1S(=O)CCCCc1ccccc1. The molecule has 2 aliphatic heterocycles.